The van der Waals surface area contributed by atoms with Crippen LogP contribution in [-0.2, 0) is 23.7 Å². The summed E-state index contributed by atoms with van der Waals surface area (Å²) in [5.74, 6) is -0.239. The van der Waals surface area contributed by atoms with Gasteiger partial charge in [0.2, 0.25) is 5.91 Å². The number of hydrogen-bond donors (Lipinski definition) is 9. The molecular weight excluding hydrogens is 1250 g/mol. The average Bonchev–Trinajstić information content (AvgIpc) is 0.790. The summed E-state index contributed by atoms with van der Waals surface area (Å²) in [4.78, 5) is 13.4. The number of ether oxygens (including phenoxy) is 4. The smallest absolute Gasteiger partial charge is 0.220 e. The van der Waals surface area contributed by atoms with E-state index >= 15 is 0 Å². The first-order valence-electron chi connectivity index (χ1n) is 43.6. The molecule has 1 amide bonds. The Hall–Kier alpha value is -1.53. The normalized spacial score (nSPS) is 21.9. The van der Waals surface area contributed by atoms with Crippen LogP contribution in [0.3, 0.4) is 0 Å². The standard InChI is InChI=1S/C86H165NO13/c1-3-5-7-9-11-13-15-17-19-21-23-25-27-29-31-32-33-34-35-36-37-38-39-40-41-42-44-46-48-50-52-54-56-58-60-62-64-66-68-70-78(91)87-74(73-97-85-83(96)81(94)84(77(72-89)99-85)100-86-82(95)80(93)79(92)76(71-88)98-86)75(90)69-67-65-63-61-59-57-55-53-51-49-47-45-43-30-28-26-24-22-20-18-16-14-12-10-8-6-4-2/h59,61,67,69,74-77,79-86,88-90,92-96H,3-58,60,62-66,68,70-73H2,1-2H3,(H,87,91)/b61-59+,69-67+. The molecule has 100 heavy (non-hydrogen) atoms. The molecule has 14 nitrogen and oxygen atoms in total. The van der Waals surface area contributed by atoms with Crippen molar-refractivity contribution in [3.63, 3.8) is 0 Å². The highest BCUT2D eigenvalue weighted by atomic mass is 16.7. The van der Waals surface area contributed by atoms with Crippen molar-refractivity contribution in [2.75, 3.05) is 19.8 Å². The Labute approximate surface area is 615 Å². The van der Waals surface area contributed by atoms with Gasteiger partial charge in [0.05, 0.1) is 32.0 Å². The fourth-order valence-electron chi connectivity index (χ4n) is 14.8. The second kappa shape index (κ2) is 70.5. The Morgan fingerprint density at radius 2 is 0.640 bits per heavy atom. The number of amides is 1. The zero-order valence-corrected chi connectivity index (χ0v) is 65.2. The summed E-state index contributed by atoms with van der Waals surface area (Å²) in [5, 5.41) is 87.7. The van der Waals surface area contributed by atoms with Gasteiger partial charge >= 0.3 is 0 Å². The number of carbonyl (C=O) groups is 1. The molecule has 0 aromatic carbocycles. The van der Waals surface area contributed by atoms with Gasteiger partial charge in [0.25, 0.3) is 0 Å². The van der Waals surface area contributed by atoms with E-state index < -0.39 is 86.8 Å². The van der Waals surface area contributed by atoms with Crippen molar-refractivity contribution in [1.82, 2.24) is 5.32 Å². The van der Waals surface area contributed by atoms with Gasteiger partial charge in [-0.05, 0) is 32.1 Å². The largest absolute Gasteiger partial charge is 0.394 e. The molecule has 0 bridgehead atoms. The van der Waals surface area contributed by atoms with Crippen molar-refractivity contribution in [2.45, 2.75) is 498 Å². The lowest BCUT2D eigenvalue weighted by atomic mass is 9.97. The third-order valence-corrected chi connectivity index (χ3v) is 21.6. The van der Waals surface area contributed by atoms with E-state index in [-0.39, 0.29) is 18.9 Å². The van der Waals surface area contributed by atoms with Gasteiger partial charge in [-0.15, -0.1) is 0 Å². The van der Waals surface area contributed by atoms with Gasteiger partial charge in [-0.1, -0.05) is 411 Å². The summed E-state index contributed by atoms with van der Waals surface area (Å²) in [5.41, 5.74) is 0. The Morgan fingerprint density at radius 3 is 0.980 bits per heavy atom. The molecule has 2 fully saturated rings. The van der Waals surface area contributed by atoms with E-state index in [9.17, 15) is 45.6 Å². The van der Waals surface area contributed by atoms with E-state index in [1.165, 1.54) is 360 Å². The first-order valence-corrected chi connectivity index (χ1v) is 43.6. The second-order valence-electron chi connectivity index (χ2n) is 31.0. The van der Waals surface area contributed by atoms with E-state index in [1.54, 1.807) is 6.08 Å². The van der Waals surface area contributed by atoms with Gasteiger partial charge in [-0.3, -0.25) is 4.79 Å². The Morgan fingerprint density at radius 1 is 0.350 bits per heavy atom. The summed E-state index contributed by atoms with van der Waals surface area (Å²) < 4.78 is 22.9. The maximum Gasteiger partial charge on any atom is 0.220 e. The van der Waals surface area contributed by atoms with Crippen LogP contribution in [0, 0.1) is 0 Å². The molecule has 0 radical (unpaired) electrons. The van der Waals surface area contributed by atoms with Gasteiger partial charge in [-0.2, -0.15) is 0 Å². The first kappa shape index (κ1) is 94.6. The van der Waals surface area contributed by atoms with E-state index in [2.05, 4.69) is 31.3 Å². The minimum atomic E-state index is -1.79. The van der Waals surface area contributed by atoms with Gasteiger partial charge in [0.15, 0.2) is 12.6 Å². The topological polar surface area (TPSA) is 228 Å². The van der Waals surface area contributed by atoms with Crippen LogP contribution in [0.5, 0.6) is 0 Å². The summed E-state index contributed by atoms with van der Waals surface area (Å²) in [6.07, 6.45) is 75.9. The predicted octanol–water partition coefficient (Wildman–Crippen LogP) is 20.6. The van der Waals surface area contributed by atoms with Crippen LogP contribution in [-0.4, -0.2) is 140 Å². The molecule has 14 heteroatoms. The lowest BCUT2D eigenvalue weighted by molar-refractivity contribution is -0.359. The molecule has 0 aliphatic carbocycles. The third-order valence-electron chi connectivity index (χ3n) is 21.6. The zero-order chi connectivity index (χ0) is 72.2. The Kier molecular flexibility index (Phi) is 66.6. The van der Waals surface area contributed by atoms with Crippen molar-refractivity contribution in [3.05, 3.63) is 24.3 Å². The molecule has 0 aromatic heterocycles. The zero-order valence-electron chi connectivity index (χ0n) is 65.2. The van der Waals surface area contributed by atoms with Gasteiger partial charge < -0.3 is 65.1 Å². The number of aliphatic hydroxyl groups is 8. The lowest BCUT2D eigenvalue weighted by Crippen LogP contribution is -2.65. The van der Waals surface area contributed by atoms with Gasteiger partial charge in [-0.25, -0.2) is 0 Å². The highest BCUT2D eigenvalue weighted by Crippen LogP contribution is 2.31. The third kappa shape index (κ3) is 52.5. The highest BCUT2D eigenvalue weighted by Gasteiger charge is 2.51. The number of nitrogens with one attached hydrogen (secondary N) is 1. The van der Waals surface area contributed by atoms with Gasteiger partial charge in [0.1, 0.15) is 48.8 Å². The van der Waals surface area contributed by atoms with Crippen LogP contribution in [0.1, 0.15) is 425 Å². The SMILES string of the molecule is CCCCCCCCCCCCCCCCCCCCCCC/C=C/CC/C=C/C(O)C(COC1OC(CO)C(OC2OC(CO)C(O)C(O)C2O)C(O)C1O)NC(=O)CCCCCCCCCCCCCCCCCCCCCCCCCCCCCCCCCCCCCCCCC. The summed E-state index contributed by atoms with van der Waals surface area (Å²) in [7, 11) is 0. The number of rotatable bonds is 75. The molecule has 592 valence electrons. The molecule has 2 heterocycles. The van der Waals surface area contributed by atoms with Crippen LogP contribution in [0.2, 0.25) is 0 Å². The maximum atomic E-state index is 13.4. The fraction of sp³-hybridized carbons (Fsp3) is 0.942. The number of unbranched alkanes of at least 4 members (excludes halogenated alkanes) is 60. The average molecular weight is 1420 g/mol. The minimum Gasteiger partial charge on any atom is -0.394 e. The molecule has 2 aliphatic heterocycles. The molecule has 9 N–H and O–H groups in total. The number of carbonyl (C=O) groups excluding carboxylic acids is 1. The van der Waals surface area contributed by atoms with Crippen molar-refractivity contribution in [2.24, 2.45) is 0 Å². The van der Waals surface area contributed by atoms with Crippen LogP contribution < -0.4 is 5.32 Å². The van der Waals surface area contributed by atoms with Crippen molar-refractivity contribution in [1.29, 1.82) is 0 Å². The molecule has 0 aromatic rings. The van der Waals surface area contributed by atoms with Crippen molar-refractivity contribution >= 4 is 5.91 Å². The molecule has 2 rings (SSSR count). The number of aliphatic hydroxyl groups excluding tert-OH is 8. The van der Waals surface area contributed by atoms with Crippen LogP contribution >= 0.6 is 0 Å². The quantitative estimate of drug-likeness (QED) is 0.0204. The lowest BCUT2D eigenvalue weighted by Gasteiger charge is -2.46. The highest BCUT2D eigenvalue weighted by molar-refractivity contribution is 5.76. The molecule has 0 saturated carbocycles. The molecule has 12 unspecified atom stereocenters. The Bertz CT molecular complexity index is 1770. The predicted molar refractivity (Wildman–Crippen MR) is 415 cm³/mol. The number of allylic oxidation sites excluding steroid dienone is 3. The molecule has 2 saturated heterocycles. The van der Waals surface area contributed by atoms with Crippen LogP contribution in [0.4, 0.5) is 0 Å². The number of hydrogen-bond acceptors (Lipinski definition) is 13. The van der Waals surface area contributed by atoms with E-state index in [0.717, 1.165) is 32.1 Å². The molecular formula is C86H165NO13. The van der Waals surface area contributed by atoms with Crippen LogP contribution in [0.15, 0.2) is 24.3 Å². The first-order chi connectivity index (χ1) is 49.1. The molecule has 12 atom stereocenters. The maximum absolute atomic E-state index is 13.4. The van der Waals surface area contributed by atoms with E-state index in [0.29, 0.717) is 12.8 Å². The van der Waals surface area contributed by atoms with Crippen molar-refractivity contribution < 1.29 is 64.6 Å². The van der Waals surface area contributed by atoms with Gasteiger partial charge in [0, 0.05) is 6.42 Å². The van der Waals surface area contributed by atoms with Crippen molar-refractivity contribution in [3.8, 4) is 0 Å². The fourth-order valence-corrected chi connectivity index (χ4v) is 14.8. The van der Waals surface area contributed by atoms with E-state index in [1.807, 2.05) is 6.08 Å². The summed E-state index contributed by atoms with van der Waals surface area (Å²) in [6.45, 7) is 2.86. The minimum absolute atomic E-state index is 0.239. The Balaban J connectivity index is 1.57. The monoisotopic (exact) mass is 1420 g/mol. The second-order valence-corrected chi connectivity index (χ2v) is 31.0. The summed E-state index contributed by atoms with van der Waals surface area (Å²) >= 11 is 0. The molecule has 2 aliphatic rings. The summed E-state index contributed by atoms with van der Waals surface area (Å²) in [6, 6.07) is -0.931. The molecule has 0 spiro atoms. The van der Waals surface area contributed by atoms with Crippen LogP contribution in [0.25, 0.3) is 0 Å². The van der Waals surface area contributed by atoms with E-state index in [4.69, 9.17) is 18.9 Å².